The van der Waals surface area contributed by atoms with E-state index >= 15 is 0 Å². The van der Waals surface area contributed by atoms with E-state index < -0.39 is 16.4 Å². The third-order valence-electron chi connectivity index (χ3n) is 3.87. The lowest BCUT2D eigenvalue weighted by Crippen LogP contribution is -2.46. The summed E-state index contributed by atoms with van der Waals surface area (Å²) in [5.74, 6) is -0.565. The van der Waals surface area contributed by atoms with Crippen LogP contribution < -0.4 is 16.0 Å². The molecule has 0 unspecified atom stereocenters. The van der Waals surface area contributed by atoms with Crippen LogP contribution in [0.25, 0.3) is 0 Å². The minimum absolute atomic E-state index is 0.0432. The Labute approximate surface area is 149 Å². The summed E-state index contributed by atoms with van der Waals surface area (Å²) in [5, 5.41) is 14.2. The molecule has 1 aliphatic heterocycles. The molecule has 2 aromatic rings. The van der Waals surface area contributed by atoms with E-state index in [1.807, 2.05) is 18.7 Å². The van der Waals surface area contributed by atoms with Crippen LogP contribution in [0.4, 0.5) is 33.3 Å². The standard InChI is InChI=1S/C16H19FN6O3/c1-9-7-22(8-10(2)26-9)16-20-14(18)13(23(24)25)15(21-16)19-12-5-3-4-11(17)6-12/h3-6,9-10H,7-8H2,1-2H3,(H3,18,19,20,21)/t9-,10-/m1/s1. The lowest BCUT2D eigenvalue weighted by molar-refractivity contribution is -0.383. The zero-order valence-electron chi connectivity index (χ0n) is 14.3. The van der Waals surface area contributed by atoms with Gasteiger partial charge >= 0.3 is 5.69 Å². The average Bonchev–Trinajstić information content (AvgIpc) is 2.53. The highest BCUT2D eigenvalue weighted by atomic mass is 19.1. The number of hydrogen-bond donors (Lipinski definition) is 2. The minimum Gasteiger partial charge on any atom is -0.378 e. The van der Waals surface area contributed by atoms with E-state index in [0.717, 1.165) is 0 Å². The maximum atomic E-state index is 13.4. The van der Waals surface area contributed by atoms with Crippen molar-refractivity contribution in [2.24, 2.45) is 0 Å². The van der Waals surface area contributed by atoms with E-state index in [9.17, 15) is 14.5 Å². The number of nitrogens with two attached hydrogens (primary N) is 1. The number of halogens is 1. The minimum atomic E-state index is -0.661. The molecule has 9 nitrogen and oxygen atoms in total. The maximum absolute atomic E-state index is 13.4. The molecule has 2 atom stereocenters. The number of morpholine rings is 1. The number of ether oxygens (including phenoxy) is 1. The summed E-state index contributed by atoms with van der Waals surface area (Å²) >= 11 is 0. The third-order valence-corrected chi connectivity index (χ3v) is 3.87. The molecule has 10 heteroatoms. The number of nitrogen functional groups attached to an aromatic ring is 1. The molecule has 2 heterocycles. The summed E-state index contributed by atoms with van der Waals surface area (Å²) in [4.78, 5) is 20.9. The zero-order valence-corrected chi connectivity index (χ0v) is 14.3. The van der Waals surface area contributed by atoms with Crippen molar-refractivity contribution in [1.82, 2.24) is 9.97 Å². The van der Waals surface area contributed by atoms with Crippen LogP contribution in [0.1, 0.15) is 13.8 Å². The quantitative estimate of drug-likeness (QED) is 0.629. The molecular formula is C16H19FN6O3. The Morgan fingerprint density at radius 3 is 2.65 bits per heavy atom. The van der Waals surface area contributed by atoms with Gasteiger partial charge in [-0.3, -0.25) is 10.1 Å². The molecule has 3 N–H and O–H groups in total. The maximum Gasteiger partial charge on any atom is 0.353 e. The highest BCUT2D eigenvalue weighted by Gasteiger charge is 2.29. The fourth-order valence-electron chi connectivity index (χ4n) is 2.91. The molecule has 0 spiro atoms. The molecular weight excluding hydrogens is 343 g/mol. The van der Waals surface area contributed by atoms with Gasteiger partial charge in [-0.25, -0.2) is 4.39 Å². The molecule has 1 aromatic carbocycles. The second-order valence-electron chi connectivity index (χ2n) is 6.16. The van der Waals surface area contributed by atoms with Gasteiger partial charge in [0.2, 0.25) is 17.6 Å². The first-order valence-corrected chi connectivity index (χ1v) is 8.08. The van der Waals surface area contributed by atoms with Gasteiger partial charge in [0.05, 0.1) is 17.1 Å². The Hall–Kier alpha value is -3.01. The topological polar surface area (TPSA) is 119 Å². The van der Waals surface area contributed by atoms with Crippen molar-refractivity contribution >= 4 is 29.0 Å². The van der Waals surface area contributed by atoms with E-state index in [-0.39, 0.29) is 29.8 Å². The summed E-state index contributed by atoms with van der Waals surface area (Å²) in [7, 11) is 0. The first-order valence-electron chi connectivity index (χ1n) is 8.08. The Kier molecular flexibility index (Phi) is 4.85. The number of anilines is 4. The smallest absolute Gasteiger partial charge is 0.353 e. The van der Waals surface area contributed by atoms with Gasteiger partial charge in [-0.2, -0.15) is 9.97 Å². The number of nitro groups is 1. The molecule has 1 saturated heterocycles. The van der Waals surface area contributed by atoms with E-state index in [4.69, 9.17) is 10.5 Å². The van der Waals surface area contributed by atoms with Gasteiger partial charge in [0.1, 0.15) is 5.82 Å². The molecule has 0 bridgehead atoms. The molecule has 1 fully saturated rings. The Morgan fingerprint density at radius 1 is 1.35 bits per heavy atom. The molecule has 0 amide bonds. The Morgan fingerprint density at radius 2 is 2.04 bits per heavy atom. The van der Waals surface area contributed by atoms with Crippen molar-refractivity contribution < 1.29 is 14.1 Å². The molecule has 3 rings (SSSR count). The van der Waals surface area contributed by atoms with E-state index in [1.54, 1.807) is 6.07 Å². The number of benzene rings is 1. The number of nitrogens with zero attached hydrogens (tertiary/aromatic N) is 4. The Bertz CT molecular complexity index is 824. The summed E-state index contributed by atoms with van der Waals surface area (Å²) in [5.41, 5.74) is 5.69. The molecule has 1 aromatic heterocycles. The number of aromatic nitrogens is 2. The number of nitrogens with one attached hydrogen (secondary N) is 1. The van der Waals surface area contributed by atoms with Crippen LogP contribution in [0.15, 0.2) is 24.3 Å². The summed E-state index contributed by atoms with van der Waals surface area (Å²) in [6.07, 6.45) is -0.0863. The van der Waals surface area contributed by atoms with Crippen molar-refractivity contribution in [2.45, 2.75) is 26.1 Å². The monoisotopic (exact) mass is 362 g/mol. The second-order valence-corrected chi connectivity index (χ2v) is 6.16. The van der Waals surface area contributed by atoms with Gasteiger partial charge < -0.3 is 20.7 Å². The molecule has 0 radical (unpaired) electrons. The average molecular weight is 362 g/mol. The number of hydrogen-bond acceptors (Lipinski definition) is 8. The molecule has 0 aliphatic carbocycles. The normalized spacial score (nSPS) is 20.0. The first kappa shape index (κ1) is 17.8. The van der Waals surface area contributed by atoms with Gasteiger partial charge in [0.15, 0.2) is 0 Å². The van der Waals surface area contributed by atoms with Crippen LogP contribution in [0.2, 0.25) is 0 Å². The van der Waals surface area contributed by atoms with Crippen molar-refractivity contribution in [2.75, 3.05) is 29.0 Å². The molecule has 1 aliphatic rings. The highest BCUT2D eigenvalue weighted by molar-refractivity contribution is 5.74. The summed E-state index contributed by atoms with van der Waals surface area (Å²) in [6, 6.07) is 5.54. The van der Waals surface area contributed by atoms with Crippen molar-refractivity contribution in [3.8, 4) is 0 Å². The van der Waals surface area contributed by atoms with Crippen molar-refractivity contribution in [3.05, 3.63) is 40.2 Å². The molecule has 0 saturated carbocycles. The largest absolute Gasteiger partial charge is 0.378 e. The van der Waals surface area contributed by atoms with Gasteiger partial charge in [0.25, 0.3) is 0 Å². The van der Waals surface area contributed by atoms with Gasteiger partial charge in [-0.1, -0.05) is 6.07 Å². The van der Waals surface area contributed by atoms with E-state index in [0.29, 0.717) is 18.8 Å². The van der Waals surface area contributed by atoms with Crippen LogP contribution in [-0.2, 0) is 4.74 Å². The zero-order chi connectivity index (χ0) is 18.8. The van der Waals surface area contributed by atoms with E-state index in [1.165, 1.54) is 18.2 Å². The van der Waals surface area contributed by atoms with Crippen LogP contribution in [-0.4, -0.2) is 40.2 Å². The van der Waals surface area contributed by atoms with Crippen LogP contribution in [0, 0.1) is 15.9 Å². The van der Waals surface area contributed by atoms with Gasteiger partial charge in [-0.15, -0.1) is 0 Å². The van der Waals surface area contributed by atoms with Crippen LogP contribution in [0.3, 0.4) is 0 Å². The van der Waals surface area contributed by atoms with Gasteiger partial charge in [-0.05, 0) is 32.0 Å². The first-order chi connectivity index (χ1) is 12.3. The summed E-state index contributed by atoms with van der Waals surface area (Å²) < 4.78 is 19.1. The highest BCUT2D eigenvalue weighted by Crippen LogP contribution is 2.33. The number of rotatable bonds is 4. The Balaban J connectivity index is 2.00. The SMILES string of the molecule is C[C@@H]1CN(c2nc(N)c([N+](=O)[O-])c(Nc3cccc(F)c3)n2)C[C@@H](C)O1. The fourth-order valence-corrected chi connectivity index (χ4v) is 2.91. The lowest BCUT2D eigenvalue weighted by atomic mass is 10.2. The van der Waals surface area contributed by atoms with Crippen molar-refractivity contribution in [1.29, 1.82) is 0 Å². The van der Waals surface area contributed by atoms with E-state index in [2.05, 4.69) is 15.3 Å². The lowest BCUT2D eigenvalue weighted by Gasteiger charge is -2.35. The fraction of sp³-hybridized carbons (Fsp3) is 0.375. The van der Waals surface area contributed by atoms with Crippen LogP contribution in [0.5, 0.6) is 0 Å². The predicted molar refractivity (Wildman–Crippen MR) is 95.0 cm³/mol. The van der Waals surface area contributed by atoms with Crippen LogP contribution >= 0.6 is 0 Å². The molecule has 26 heavy (non-hydrogen) atoms. The predicted octanol–water partition coefficient (Wildman–Crippen LogP) is 2.46. The van der Waals surface area contributed by atoms with Gasteiger partial charge in [0, 0.05) is 18.8 Å². The third kappa shape index (κ3) is 3.80. The second kappa shape index (κ2) is 7.08. The molecule has 138 valence electrons. The summed E-state index contributed by atoms with van der Waals surface area (Å²) in [6.45, 7) is 4.90. The van der Waals surface area contributed by atoms with Crippen molar-refractivity contribution in [3.63, 3.8) is 0 Å².